The summed E-state index contributed by atoms with van der Waals surface area (Å²) in [5, 5.41) is 8.79. The monoisotopic (exact) mass is 268 g/mol. The Hall–Kier alpha value is -1.66. The van der Waals surface area contributed by atoms with Crippen molar-refractivity contribution in [3.05, 3.63) is 35.4 Å². The van der Waals surface area contributed by atoms with Crippen molar-refractivity contribution >= 4 is 5.78 Å². The Labute approximate surface area is 120 Å². The molecule has 0 spiro atoms. The summed E-state index contributed by atoms with van der Waals surface area (Å²) in [4.78, 5) is 14.8. The summed E-state index contributed by atoms with van der Waals surface area (Å²) < 4.78 is 0. The first-order valence-electron chi connectivity index (χ1n) is 7.55. The smallest absolute Gasteiger partial charge is 0.176 e. The van der Waals surface area contributed by atoms with Crippen molar-refractivity contribution in [1.82, 2.24) is 4.90 Å². The van der Waals surface area contributed by atoms with Gasteiger partial charge in [-0.15, -0.1) is 0 Å². The quantitative estimate of drug-likeness (QED) is 0.791. The van der Waals surface area contributed by atoms with Crippen LogP contribution >= 0.6 is 0 Å². The third-order valence-electron chi connectivity index (χ3n) is 4.79. The molecule has 20 heavy (non-hydrogen) atoms. The molecule has 1 aromatic carbocycles. The van der Waals surface area contributed by atoms with E-state index in [1.807, 2.05) is 0 Å². The number of nitriles is 1. The van der Waals surface area contributed by atoms with Crippen molar-refractivity contribution in [3.8, 4) is 6.07 Å². The molecule has 0 N–H and O–H groups in total. The van der Waals surface area contributed by atoms with E-state index in [1.165, 1.54) is 32.1 Å². The molecule has 2 fully saturated rings. The summed E-state index contributed by atoms with van der Waals surface area (Å²) in [6.07, 6.45) is 6.47. The lowest BCUT2D eigenvalue weighted by Crippen LogP contribution is -2.45. The number of carbonyl (C=O) groups is 1. The highest BCUT2D eigenvalue weighted by Gasteiger charge is 2.35. The number of ketones is 1. The maximum absolute atomic E-state index is 12.4. The zero-order valence-corrected chi connectivity index (χ0v) is 11.7. The fourth-order valence-electron chi connectivity index (χ4n) is 3.76. The maximum atomic E-state index is 12.4. The SMILES string of the molecule is N#Cc1ccc(C(=O)CN2CCCC3CCCC32)cc1. The molecule has 1 aliphatic heterocycles. The molecule has 2 aliphatic rings. The highest BCUT2D eigenvalue weighted by atomic mass is 16.1. The molecule has 1 saturated carbocycles. The van der Waals surface area contributed by atoms with E-state index in [-0.39, 0.29) is 5.78 Å². The van der Waals surface area contributed by atoms with Gasteiger partial charge in [0.2, 0.25) is 0 Å². The van der Waals surface area contributed by atoms with Crippen molar-refractivity contribution in [3.63, 3.8) is 0 Å². The second kappa shape index (κ2) is 5.76. The first-order valence-corrected chi connectivity index (χ1v) is 7.55. The number of carbonyl (C=O) groups excluding carboxylic acids is 1. The zero-order chi connectivity index (χ0) is 13.9. The second-order valence-electron chi connectivity index (χ2n) is 5.98. The molecule has 1 aromatic rings. The summed E-state index contributed by atoms with van der Waals surface area (Å²) >= 11 is 0. The van der Waals surface area contributed by atoms with Crippen molar-refractivity contribution in [1.29, 1.82) is 5.26 Å². The molecule has 0 bridgehead atoms. The van der Waals surface area contributed by atoms with Gasteiger partial charge in [0.1, 0.15) is 0 Å². The molecule has 1 aliphatic carbocycles. The van der Waals surface area contributed by atoms with Crippen molar-refractivity contribution in [2.24, 2.45) is 5.92 Å². The van der Waals surface area contributed by atoms with Gasteiger partial charge in [-0.05, 0) is 50.3 Å². The third kappa shape index (κ3) is 2.62. The minimum Gasteiger partial charge on any atom is -0.293 e. The van der Waals surface area contributed by atoms with Gasteiger partial charge in [-0.2, -0.15) is 5.26 Å². The molecule has 0 aromatic heterocycles. The molecular formula is C17H20N2O. The van der Waals surface area contributed by atoms with Crippen molar-refractivity contribution in [2.75, 3.05) is 13.1 Å². The van der Waals surface area contributed by atoms with E-state index >= 15 is 0 Å². The number of nitrogens with zero attached hydrogens (tertiary/aromatic N) is 2. The third-order valence-corrected chi connectivity index (χ3v) is 4.79. The van der Waals surface area contributed by atoms with Crippen LogP contribution in [-0.2, 0) is 0 Å². The van der Waals surface area contributed by atoms with Crippen LogP contribution in [0.4, 0.5) is 0 Å². The molecule has 2 atom stereocenters. The summed E-state index contributed by atoms with van der Waals surface area (Å²) in [5.74, 6) is 1.000. The normalized spacial score (nSPS) is 25.9. The average molecular weight is 268 g/mol. The van der Waals surface area contributed by atoms with Gasteiger partial charge in [-0.1, -0.05) is 18.6 Å². The molecule has 1 saturated heterocycles. The maximum Gasteiger partial charge on any atom is 0.176 e. The molecule has 0 amide bonds. The van der Waals surface area contributed by atoms with Crippen molar-refractivity contribution in [2.45, 2.75) is 38.1 Å². The van der Waals surface area contributed by atoms with E-state index in [2.05, 4.69) is 11.0 Å². The lowest BCUT2D eigenvalue weighted by Gasteiger charge is -2.37. The molecule has 104 valence electrons. The fourth-order valence-corrected chi connectivity index (χ4v) is 3.76. The van der Waals surface area contributed by atoms with E-state index in [1.54, 1.807) is 24.3 Å². The molecular weight excluding hydrogens is 248 g/mol. The highest BCUT2D eigenvalue weighted by molar-refractivity contribution is 5.97. The Kier molecular flexibility index (Phi) is 3.84. The predicted molar refractivity (Wildman–Crippen MR) is 77.4 cm³/mol. The minimum absolute atomic E-state index is 0.182. The second-order valence-corrected chi connectivity index (χ2v) is 5.98. The van der Waals surface area contributed by atoms with Crippen LogP contribution in [0.3, 0.4) is 0 Å². The van der Waals surface area contributed by atoms with Gasteiger partial charge >= 0.3 is 0 Å². The van der Waals surface area contributed by atoms with Crippen LogP contribution in [0.25, 0.3) is 0 Å². The summed E-state index contributed by atoms with van der Waals surface area (Å²) in [7, 11) is 0. The van der Waals surface area contributed by atoms with E-state index in [4.69, 9.17) is 5.26 Å². The number of benzene rings is 1. The van der Waals surface area contributed by atoms with Crippen LogP contribution in [0, 0.1) is 17.2 Å². The van der Waals surface area contributed by atoms with Crippen LogP contribution in [0.2, 0.25) is 0 Å². The number of hydrogen-bond donors (Lipinski definition) is 0. The Balaban J connectivity index is 1.67. The standard InChI is InChI=1S/C17H20N2O/c18-11-13-6-8-15(9-7-13)17(20)12-19-10-2-4-14-3-1-5-16(14)19/h6-9,14,16H,1-5,10,12H2. The number of piperidine rings is 1. The van der Waals surface area contributed by atoms with Gasteiger partial charge in [0.25, 0.3) is 0 Å². The Morgan fingerprint density at radius 3 is 2.70 bits per heavy atom. The minimum atomic E-state index is 0.182. The van der Waals surface area contributed by atoms with Gasteiger partial charge in [0, 0.05) is 11.6 Å². The molecule has 2 unspecified atom stereocenters. The Bertz CT molecular complexity index is 529. The fraction of sp³-hybridized carbons (Fsp3) is 0.529. The summed E-state index contributed by atoms with van der Waals surface area (Å²) in [5.41, 5.74) is 1.33. The Morgan fingerprint density at radius 2 is 1.95 bits per heavy atom. The highest BCUT2D eigenvalue weighted by Crippen LogP contribution is 2.36. The van der Waals surface area contributed by atoms with Crippen LogP contribution < -0.4 is 0 Å². The Morgan fingerprint density at radius 1 is 1.20 bits per heavy atom. The number of hydrogen-bond acceptors (Lipinski definition) is 3. The number of rotatable bonds is 3. The van der Waals surface area contributed by atoms with E-state index in [0.717, 1.165) is 18.0 Å². The molecule has 1 heterocycles. The number of likely N-dealkylation sites (tertiary alicyclic amines) is 1. The average Bonchev–Trinajstić information content (AvgIpc) is 2.97. The van der Waals surface area contributed by atoms with E-state index < -0.39 is 0 Å². The summed E-state index contributed by atoms with van der Waals surface area (Å²) in [6.45, 7) is 1.59. The largest absolute Gasteiger partial charge is 0.293 e. The van der Waals surface area contributed by atoms with Gasteiger partial charge in [0.05, 0.1) is 18.2 Å². The molecule has 3 heteroatoms. The van der Waals surface area contributed by atoms with Gasteiger partial charge in [0.15, 0.2) is 5.78 Å². The van der Waals surface area contributed by atoms with Gasteiger partial charge < -0.3 is 0 Å². The van der Waals surface area contributed by atoms with E-state index in [9.17, 15) is 4.79 Å². The van der Waals surface area contributed by atoms with Crippen LogP contribution in [-0.4, -0.2) is 29.8 Å². The van der Waals surface area contributed by atoms with Crippen molar-refractivity contribution < 1.29 is 4.79 Å². The van der Waals surface area contributed by atoms with Crippen LogP contribution in [0.5, 0.6) is 0 Å². The number of Topliss-reactive ketones (excluding diaryl/α,β-unsaturated/α-hetero) is 1. The summed E-state index contributed by atoms with van der Waals surface area (Å²) in [6, 6.07) is 9.71. The van der Waals surface area contributed by atoms with Crippen LogP contribution in [0.1, 0.15) is 48.0 Å². The first kappa shape index (κ1) is 13.3. The first-order chi connectivity index (χ1) is 9.78. The lowest BCUT2D eigenvalue weighted by molar-refractivity contribution is 0.0777. The molecule has 0 radical (unpaired) electrons. The van der Waals surface area contributed by atoms with Gasteiger partial charge in [-0.3, -0.25) is 9.69 Å². The van der Waals surface area contributed by atoms with E-state index in [0.29, 0.717) is 18.2 Å². The molecule has 3 nitrogen and oxygen atoms in total. The topological polar surface area (TPSA) is 44.1 Å². The molecule has 3 rings (SSSR count). The van der Waals surface area contributed by atoms with Crippen LogP contribution in [0.15, 0.2) is 24.3 Å². The van der Waals surface area contributed by atoms with Gasteiger partial charge in [-0.25, -0.2) is 0 Å². The lowest BCUT2D eigenvalue weighted by atomic mass is 9.91. The zero-order valence-electron chi connectivity index (χ0n) is 11.7. The number of fused-ring (bicyclic) bond motifs is 1. The predicted octanol–water partition coefficient (Wildman–Crippen LogP) is 3.01.